The van der Waals surface area contributed by atoms with Crippen LogP contribution in [0.3, 0.4) is 0 Å². The summed E-state index contributed by atoms with van der Waals surface area (Å²) < 4.78 is 6.52. The SMILES string of the molecule is COc1ccccc1CCNC(=O)Cn1nc(C)c2ccccc2c1=O. The summed E-state index contributed by atoms with van der Waals surface area (Å²) in [6, 6.07) is 15.0. The molecule has 0 saturated carbocycles. The van der Waals surface area contributed by atoms with Gasteiger partial charge in [0.05, 0.1) is 18.2 Å². The van der Waals surface area contributed by atoms with Gasteiger partial charge in [-0.2, -0.15) is 5.10 Å². The summed E-state index contributed by atoms with van der Waals surface area (Å²) in [5.41, 5.74) is 1.49. The van der Waals surface area contributed by atoms with Gasteiger partial charge in [0.2, 0.25) is 5.91 Å². The Balaban J connectivity index is 1.66. The third kappa shape index (κ3) is 3.74. The first-order valence-corrected chi connectivity index (χ1v) is 8.45. The quantitative estimate of drug-likeness (QED) is 0.738. The first kappa shape index (κ1) is 17.7. The van der Waals surface area contributed by atoms with Crippen molar-refractivity contribution < 1.29 is 9.53 Å². The topological polar surface area (TPSA) is 73.2 Å². The average molecular weight is 351 g/mol. The highest BCUT2D eigenvalue weighted by Gasteiger charge is 2.11. The second-order valence-corrected chi connectivity index (χ2v) is 6.01. The zero-order valence-corrected chi connectivity index (χ0v) is 14.9. The predicted molar refractivity (Wildman–Crippen MR) is 100 cm³/mol. The van der Waals surface area contributed by atoms with E-state index in [1.807, 2.05) is 43.3 Å². The molecule has 0 saturated heterocycles. The van der Waals surface area contributed by atoms with Crippen LogP contribution in [0.15, 0.2) is 53.3 Å². The monoisotopic (exact) mass is 351 g/mol. The van der Waals surface area contributed by atoms with Crippen molar-refractivity contribution in [3.63, 3.8) is 0 Å². The minimum absolute atomic E-state index is 0.101. The largest absolute Gasteiger partial charge is 0.496 e. The molecule has 0 aliphatic heterocycles. The number of hydrogen-bond acceptors (Lipinski definition) is 4. The number of aryl methyl sites for hydroxylation is 1. The molecule has 0 aliphatic carbocycles. The van der Waals surface area contributed by atoms with Crippen molar-refractivity contribution in [2.45, 2.75) is 19.9 Å². The van der Waals surface area contributed by atoms with E-state index in [0.717, 1.165) is 22.4 Å². The van der Waals surface area contributed by atoms with Crippen LogP contribution < -0.4 is 15.6 Å². The van der Waals surface area contributed by atoms with Gasteiger partial charge in [-0.25, -0.2) is 4.68 Å². The van der Waals surface area contributed by atoms with E-state index in [1.165, 1.54) is 4.68 Å². The number of amides is 1. The molecule has 0 fully saturated rings. The fourth-order valence-electron chi connectivity index (χ4n) is 2.95. The summed E-state index contributed by atoms with van der Waals surface area (Å²) in [6.07, 6.45) is 0.648. The molecule has 0 spiro atoms. The van der Waals surface area contributed by atoms with Crippen LogP contribution in [0, 0.1) is 6.92 Å². The molecule has 0 aliphatic rings. The van der Waals surface area contributed by atoms with Crippen LogP contribution in [-0.2, 0) is 17.8 Å². The van der Waals surface area contributed by atoms with Gasteiger partial charge in [-0.1, -0.05) is 36.4 Å². The molecule has 0 bridgehead atoms. The van der Waals surface area contributed by atoms with Gasteiger partial charge in [-0.15, -0.1) is 0 Å². The van der Waals surface area contributed by atoms with Crippen molar-refractivity contribution in [2.75, 3.05) is 13.7 Å². The number of ether oxygens (including phenoxy) is 1. The van der Waals surface area contributed by atoms with E-state index >= 15 is 0 Å². The lowest BCUT2D eigenvalue weighted by Crippen LogP contribution is -2.35. The van der Waals surface area contributed by atoms with Crippen molar-refractivity contribution in [1.29, 1.82) is 0 Å². The number of fused-ring (bicyclic) bond motifs is 1. The van der Waals surface area contributed by atoms with E-state index < -0.39 is 0 Å². The Morgan fingerprint density at radius 1 is 1.12 bits per heavy atom. The van der Waals surface area contributed by atoms with E-state index in [9.17, 15) is 9.59 Å². The highest BCUT2D eigenvalue weighted by atomic mass is 16.5. The summed E-state index contributed by atoms with van der Waals surface area (Å²) in [7, 11) is 1.62. The predicted octanol–water partition coefficient (Wildman–Crippen LogP) is 2.07. The van der Waals surface area contributed by atoms with Crippen LogP contribution in [0.2, 0.25) is 0 Å². The third-order valence-electron chi connectivity index (χ3n) is 4.25. The van der Waals surface area contributed by atoms with Crippen LogP contribution >= 0.6 is 0 Å². The van der Waals surface area contributed by atoms with Crippen LogP contribution in [0.5, 0.6) is 5.75 Å². The number of para-hydroxylation sites is 1. The molecule has 26 heavy (non-hydrogen) atoms. The molecule has 2 aromatic carbocycles. The lowest BCUT2D eigenvalue weighted by atomic mass is 10.1. The minimum Gasteiger partial charge on any atom is -0.496 e. The fraction of sp³-hybridized carbons (Fsp3) is 0.250. The number of methoxy groups -OCH3 is 1. The van der Waals surface area contributed by atoms with Gasteiger partial charge < -0.3 is 10.1 Å². The van der Waals surface area contributed by atoms with E-state index in [2.05, 4.69) is 10.4 Å². The number of carbonyl (C=O) groups excluding carboxylic acids is 1. The number of nitrogens with one attached hydrogen (secondary N) is 1. The van der Waals surface area contributed by atoms with Gasteiger partial charge in [0, 0.05) is 11.9 Å². The van der Waals surface area contributed by atoms with Crippen molar-refractivity contribution in [3.05, 3.63) is 70.1 Å². The zero-order chi connectivity index (χ0) is 18.5. The third-order valence-corrected chi connectivity index (χ3v) is 4.25. The molecule has 1 amide bonds. The van der Waals surface area contributed by atoms with E-state index in [4.69, 9.17) is 4.74 Å². The summed E-state index contributed by atoms with van der Waals surface area (Å²) in [6.45, 7) is 2.19. The number of aromatic nitrogens is 2. The Morgan fingerprint density at radius 2 is 1.81 bits per heavy atom. The van der Waals surface area contributed by atoms with Crippen LogP contribution in [0.4, 0.5) is 0 Å². The molecular formula is C20H21N3O3. The van der Waals surface area contributed by atoms with Crippen LogP contribution in [0.1, 0.15) is 11.3 Å². The van der Waals surface area contributed by atoms with E-state index in [-0.39, 0.29) is 18.0 Å². The maximum atomic E-state index is 12.5. The van der Waals surface area contributed by atoms with Crippen LogP contribution in [0.25, 0.3) is 10.8 Å². The van der Waals surface area contributed by atoms with E-state index in [1.54, 1.807) is 19.2 Å². The zero-order valence-electron chi connectivity index (χ0n) is 14.9. The normalized spacial score (nSPS) is 10.7. The maximum Gasteiger partial charge on any atom is 0.275 e. The van der Waals surface area contributed by atoms with Crippen molar-refractivity contribution >= 4 is 16.7 Å². The molecule has 6 heteroatoms. The van der Waals surface area contributed by atoms with Gasteiger partial charge in [0.25, 0.3) is 5.56 Å². The Labute approximate surface area is 151 Å². The first-order valence-electron chi connectivity index (χ1n) is 8.45. The Kier molecular flexibility index (Phi) is 5.31. The highest BCUT2D eigenvalue weighted by Crippen LogP contribution is 2.17. The van der Waals surface area contributed by atoms with Gasteiger partial charge >= 0.3 is 0 Å². The average Bonchev–Trinajstić information content (AvgIpc) is 2.66. The molecule has 0 atom stereocenters. The highest BCUT2D eigenvalue weighted by molar-refractivity contribution is 5.83. The molecule has 3 rings (SSSR count). The molecule has 6 nitrogen and oxygen atoms in total. The van der Waals surface area contributed by atoms with Gasteiger partial charge in [0.1, 0.15) is 12.3 Å². The molecule has 134 valence electrons. The standard InChI is InChI=1S/C20H21N3O3/c1-14-16-8-4-5-9-17(16)20(25)23(22-14)13-19(24)21-12-11-15-7-3-6-10-18(15)26-2/h3-10H,11-13H2,1-2H3,(H,21,24). The molecule has 0 unspecified atom stereocenters. The summed E-state index contributed by atoms with van der Waals surface area (Å²) in [5.74, 6) is 0.550. The summed E-state index contributed by atoms with van der Waals surface area (Å²) in [5, 5.41) is 8.47. The molecule has 1 aromatic heterocycles. The summed E-state index contributed by atoms with van der Waals surface area (Å²) in [4.78, 5) is 24.7. The second-order valence-electron chi connectivity index (χ2n) is 6.01. The Morgan fingerprint density at radius 3 is 2.58 bits per heavy atom. The first-order chi connectivity index (χ1) is 12.6. The molecule has 1 heterocycles. The molecule has 0 radical (unpaired) electrons. The maximum absolute atomic E-state index is 12.5. The second kappa shape index (κ2) is 7.82. The number of nitrogens with zero attached hydrogens (tertiary/aromatic N) is 2. The number of benzene rings is 2. The number of rotatable bonds is 6. The molecule has 1 N–H and O–H groups in total. The number of carbonyl (C=O) groups is 1. The number of hydrogen-bond donors (Lipinski definition) is 1. The van der Waals surface area contributed by atoms with Gasteiger partial charge in [-0.05, 0) is 31.0 Å². The van der Waals surface area contributed by atoms with Crippen molar-refractivity contribution in [3.8, 4) is 5.75 Å². The Hall–Kier alpha value is -3.15. The Bertz CT molecular complexity index is 995. The molecular weight excluding hydrogens is 330 g/mol. The van der Waals surface area contributed by atoms with Crippen LogP contribution in [-0.4, -0.2) is 29.3 Å². The van der Waals surface area contributed by atoms with Crippen molar-refractivity contribution in [2.24, 2.45) is 0 Å². The summed E-state index contributed by atoms with van der Waals surface area (Å²) >= 11 is 0. The van der Waals surface area contributed by atoms with Gasteiger partial charge in [-0.3, -0.25) is 9.59 Å². The van der Waals surface area contributed by atoms with E-state index in [0.29, 0.717) is 18.4 Å². The smallest absolute Gasteiger partial charge is 0.275 e. The van der Waals surface area contributed by atoms with Gasteiger partial charge in [0.15, 0.2) is 0 Å². The lowest BCUT2D eigenvalue weighted by Gasteiger charge is -2.10. The minimum atomic E-state index is -0.258. The van der Waals surface area contributed by atoms with Crippen molar-refractivity contribution in [1.82, 2.24) is 15.1 Å². The molecule has 3 aromatic rings. The fourth-order valence-corrected chi connectivity index (χ4v) is 2.95. The lowest BCUT2D eigenvalue weighted by molar-refractivity contribution is -0.121.